The van der Waals surface area contributed by atoms with E-state index in [1.165, 1.54) is 13.8 Å². The van der Waals surface area contributed by atoms with Gasteiger partial charge in [-0.05, 0) is 13.8 Å². The molecule has 0 unspecified atom stereocenters. The summed E-state index contributed by atoms with van der Waals surface area (Å²) in [7, 11) is 0. The van der Waals surface area contributed by atoms with Crippen LogP contribution in [0.1, 0.15) is 20.3 Å². The molecule has 0 aromatic rings. The molecule has 0 heterocycles. The van der Waals surface area contributed by atoms with Gasteiger partial charge in [0.15, 0.2) is 0 Å². The number of hydrogen-bond donors (Lipinski definition) is 1. The molecule has 3 nitrogen and oxygen atoms in total. The second-order valence-corrected chi connectivity index (χ2v) is 1.58. The lowest BCUT2D eigenvalue weighted by Crippen LogP contribution is -1.97. The van der Waals surface area contributed by atoms with Gasteiger partial charge in [-0.2, -0.15) is 0 Å². The number of carbonyl (C=O) groups is 2. The Morgan fingerprint density at radius 1 is 1.11 bits per heavy atom. The Morgan fingerprint density at radius 3 is 1.33 bits per heavy atom. The van der Waals surface area contributed by atoms with Crippen LogP contribution >= 0.6 is 0 Å². The van der Waals surface area contributed by atoms with E-state index in [2.05, 4.69) is 0 Å². The van der Waals surface area contributed by atoms with Crippen molar-refractivity contribution in [2.45, 2.75) is 20.3 Å². The van der Waals surface area contributed by atoms with Gasteiger partial charge in [-0.3, -0.25) is 14.3 Å². The summed E-state index contributed by atoms with van der Waals surface area (Å²) in [6, 6.07) is 0. The minimum Gasteiger partial charge on any atom is -0.344 e. The second-order valence-electron chi connectivity index (χ2n) is 1.58. The monoisotopic (exact) mass is 137 g/mol. The first-order valence-electron chi connectivity index (χ1n) is 2.12. The summed E-state index contributed by atoms with van der Waals surface area (Å²) in [6.07, 6.45) is 0.0833. The van der Waals surface area contributed by atoms with Crippen LogP contribution in [0.2, 0.25) is 0 Å². The standard InChI is InChI=1S/C5H8O2.FH.H3N/c1-4(6)3-5(2)7;;/h3H2,1-2H3;1H;1H3. The van der Waals surface area contributed by atoms with E-state index >= 15 is 0 Å². The van der Waals surface area contributed by atoms with Gasteiger partial charge in [0, 0.05) is 0 Å². The largest absolute Gasteiger partial charge is 0.344 e. The maximum absolute atomic E-state index is 10.0. The molecule has 0 aromatic carbocycles. The SMILES string of the molecule is CC(=O)CC(C)=O.F.N. The van der Waals surface area contributed by atoms with Gasteiger partial charge < -0.3 is 6.15 Å². The Morgan fingerprint density at radius 2 is 1.33 bits per heavy atom. The van der Waals surface area contributed by atoms with Gasteiger partial charge in [-0.1, -0.05) is 0 Å². The van der Waals surface area contributed by atoms with Gasteiger partial charge in [-0.25, -0.2) is 0 Å². The van der Waals surface area contributed by atoms with Gasteiger partial charge in [-0.15, -0.1) is 0 Å². The quantitative estimate of drug-likeness (QED) is 0.574. The Kier molecular flexibility index (Phi) is 12.6. The van der Waals surface area contributed by atoms with Crippen molar-refractivity contribution in [1.29, 1.82) is 0 Å². The number of carbonyl (C=O) groups excluding carboxylic acids is 2. The second kappa shape index (κ2) is 7.23. The topological polar surface area (TPSA) is 69.1 Å². The molecular weight excluding hydrogens is 125 g/mol. The molecule has 0 radical (unpaired) electrons. The molecule has 0 atom stereocenters. The van der Waals surface area contributed by atoms with E-state index in [4.69, 9.17) is 0 Å². The van der Waals surface area contributed by atoms with Crippen LogP contribution in [0.3, 0.4) is 0 Å². The molecule has 0 bridgehead atoms. The summed E-state index contributed by atoms with van der Waals surface area (Å²) < 4.78 is 0. The van der Waals surface area contributed by atoms with Crippen molar-refractivity contribution < 1.29 is 14.3 Å². The van der Waals surface area contributed by atoms with Gasteiger partial charge in [0.2, 0.25) is 0 Å². The molecule has 0 amide bonds. The van der Waals surface area contributed by atoms with Crippen molar-refractivity contribution >= 4 is 11.6 Å². The van der Waals surface area contributed by atoms with Crippen LogP contribution in [0, 0.1) is 0 Å². The zero-order valence-electron chi connectivity index (χ0n) is 5.64. The van der Waals surface area contributed by atoms with Gasteiger partial charge >= 0.3 is 0 Å². The highest BCUT2D eigenvalue weighted by molar-refractivity contribution is 5.96. The van der Waals surface area contributed by atoms with Crippen molar-refractivity contribution in [2.75, 3.05) is 0 Å². The minimum atomic E-state index is -0.0625. The molecule has 9 heavy (non-hydrogen) atoms. The highest BCUT2D eigenvalue weighted by atomic mass is 19.0. The van der Waals surface area contributed by atoms with E-state index in [9.17, 15) is 9.59 Å². The minimum absolute atomic E-state index is 0. The van der Waals surface area contributed by atoms with Gasteiger partial charge in [0.25, 0.3) is 0 Å². The van der Waals surface area contributed by atoms with E-state index in [0.717, 1.165) is 0 Å². The normalized spacial score (nSPS) is 6.44. The maximum Gasteiger partial charge on any atom is 0.137 e. The Balaban J connectivity index is -0.000000180. The molecule has 0 aliphatic carbocycles. The van der Waals surface area contributed by atoms with Gasteiger partial charge in [0.05, 0.1) is 6.42 Å². The summed E-state index contributed by atoms with van der Waals surface area (Å²) in [5.74, 6) is -0.125. The maximum atomic E-state index is 10.0. The first kappa shape index (κ1) is 15.7. The predicted molar refractivity (Wildman–Crippen MR) is 33.5 cm³/mol. The average molecular weight is 137 g/mol. The van der Waals surface area contributed by atoms with Crippen LogP contribution in [-0.4, -0.2) is 11.6 Å². The zero-order valence-corrected chi connectivity index (χ0v) is 5.64. The van der Waals surface area contributed by atoms with E-state index in [0.29, 0.717) is 0 Å². The number of rotatable bonds is 2. The average Bonchev–Trinajstić information content (AvgIpc) is 1.27. The molecule has 0 aliphatic rings. The van der Waals surface area contributed by atoms with E-state index in [-0.39, 0.29) is 28.8 Å². The van der Waals surface area contributed by atoms with E-state index < -0.39 is 0 Å². The highest BCUT2D eigenvalue weighted by Crippen LogP contribution is 1.80. The van der Waals surface area contributed by atoms with Crippen LogP contribution in [0.5, 0.6) is 0 Å². The molecule has 0 rings (SSSR count). The molecule has 0 aliphatic heterocycles. The summed E-state index contributed by atoms with van der Waals surface area (Å²) >= 11 is 0. The third-order valence-electron chi connectivity index (χ3n) is 0.498. The van der Waals surface area contributed by atoms with E-state index in [1.807, 2.05) is 0 Å². The van der Waals surface area contributed by atoms with Crippen LogP contribution in [0.4, 0.5) is 4.70 Å². The fraction of sp³-hybridized carbons (Fsp3) is 0.600. The third-order valence-corrected chi connectivity index (χ3v) is 0.498. The molecule has 0 saturated carbocycles. The van der Waals surface area contributed by atoms with Crippen molar-refractivity contribution in [3.63, 3.8) is 0 Å². The number of ketones is 2. The van der Waals surface area contributed by atoms with Crippen LogP contribution in [0.15, 0.2) is 0 Å². The van der Waals surface area contributed by atoms with E-state index in [1.54, 1.807) is 0 Å². The summed E-state index contributed by atoms with van der Waals surface area (Å²) in [5, 5.41) is 0. The molecule has 0 saturated heterocycles. The smallest absolute Gasteiger partial charge is 0.137 e. The zero-order chi connectivity index (χ0) is 5.86. The summed E-state index contributed by atoms with van der Waals surface area (Å²) in [4.78, 5) is 20.1. The van der Waals surface area contributed by atoms with Crippen LogP contribution < -0.4 is 6.15 Å². The lowest BCUT2D eigenvalue weighted by Gasteiger charge is -1.81. The lowest BCUT2D eigenvalue weighted by atomic mass is 10.2. The van der Waals surface area contributed by atoms with Crippen molar-refractivity contribution in [2.24, 2.45) is 0 Å². The molecule has 0 spiro atoms. The first-order valence-corrected chi connectivity index (χ1v) is 2.12. The van der Waals surface area contributed by atoms with Crippen molar-refractivity contribution in [1.82, 2.24) is 6.15 Å². The first-order chi connectivity index (χ1) is 3.13. The Labute approximate surface area is 53.4 Å². The molecule has 0 fully saturated rings. The van der Waals surface area contributed by atoms with Gasteiger partial charge in [0.1, 0.15) is 11.6 Å². The number of halogens is 1. The molecule has 56 valence electrons. The number of hydrogen-bond acceptors (Lipinski definition) is 3. The van der Waals surface area contributed by atoms with Crippen LogP contribution in [0.25, 0.3) is 0 Å². The molecular formula is C5H12FNO2. The molecule has 3 N–H and O–H groups in total. The predicted octanol–water partition coefficient (Wildman–Crippen LogP) is 0.869. The summed E-state index contributed by atoms with van der Waals surface area (Å²) in [6.45, 7) is 2.81. The fourth-order valence-corrected chi connectivity index (χ4v) is 0.351. The Bertz CT molecular complexity index is 91.1. The number of Topliss-reactive ketones (excluding diaryl/α,β-unsaturated/α-hetero) is 2. The molecule has 0 aromatic heterocycles. The fourth-order valence-electron chi connectivity index (χ4n) is 0.351. The van der Waals surface area contributed by atoms with Crippen molar-refractivity contribution in [3.8, 4) is 0 Å². The summed E-state index contributed by atoms with van der Waals surface area (Å²) in [5.41, 5.74) is 0. The van der Waals surface area contributed by atoms with Crippen molar-refractivity contribution in [3.05, 3.63) is 0 Å². The Hall–Kier alpha value is -0.770. The molecule has 4 heteroatoms. The highest BCUT2D eigenvalue weighted by Gasteiger charge is 1.94. The third kappa shape index (κ3) is 19.0. The lowest BCUT2D eigenvalue weighted by molar-refractivity contribution is -0.124. The van der Waals surface area contributed by atoms with Crippen LogP contribution in [-0.2, 0) is 9.59 Å².